The molecule has 0 bridgehead atoms. The fourth-order valence-corrected chi connectivity index (χ4v) is 3.02. The smallest absolute Gasteiger partial charge is 0.246 e. The lowest BCUT2D eigenvalue weighted by Gasteiger charge is -2.39. The Labute approximate surface area is 113 Å². The zero-order valence-corrected chi connectivity index (χ0v) is 11.6. The first-order valence-electron chi connectivity index (χ1n) is 7.01. The summed E-state index contributed by atoms with van der Waals surface area (Å²) < 4.78 is 1.86. The Kier molecular flexibility index (Phi) is 3.14. The molecule has 1 aliphatic rings. The number of anilines is 1. The van der Waals surface area contributed by atoms with Gasteiger partial charge in [-0.15, -0.1) is 5.10 Å². The summed E-state index contributed by atoms with van der Waals surface area (Å²) in [5.41, 5.74) is 8.00. The lowest BCUT2D eigenvalue weighted by Crippen LogP contribution is -2.49. The number of hydrogen-bond donors (Lipinski definition) is 1. The second-order valence-corrected chi connectivity index (χ2v) is 5.45. The van der Waals surface area contributed by atoms with Gasteiger partial charge in [0.2, 0.25) is 5.95 Å². The van der Waals surface area contributed by atoms with E-state index in [1.807, 2.05) is 16.8 Å². The number of hydrogen-bond acceptors (Lipinski definition) is 4. The normalized spacial score (nSPS) is 24.1. The van der Waals surface area contributed by atoms with Crippen molar-refractivity contribution < 1.29 is 0 Å². The minimum absolute atomic E-state index is 0.362. The van der Waals surface area contributed by atoms with Gasteiger partial charge in [-0.1, -0.05) is 6.07 Å². The fourth-order valence-electron chi connectivity index (χ4n) is 3.02. The Balaban J connectivity index is 2.04. The molecule has 0 saturated carbocycles. The molecule has 3 rings (SSSR count). The number of piperidine rings is 1. The summed E-state index contributed by atoms with van der Waals surface area (Å²) in [6, 6.07) is 4.88. The van der Waals surface area contributed by atoms with Crippen LogP contribution in [0.25, 0.3) is 5.65 Å². The van der Waals surface area contributed by atoms with Crippen molar-refractivity contribution in [2.75, 3.05) is 11.4 Å². The van der Waals surface area contributed by atoms with Crippen LogP contribution in [0.15, 0.2) is 18.3 Å². The molecule has 0 amide bonds. The quantitative estimate of drug-likeness (QED) is 0.892. The van der Waals surface area contributed by atoms with E-state index in [0.29, 0.717) is 18.6 Å². The molecule has 102 valence electrons. The molecule has 5 heteroatoms. The molecule has 0 radical (unpaired) electrons. The summed E-state index contributed by atoms with van der Waals surface area (Å²) in [6.45, 7) is 4.97. The van der Waals surface area contributed by atoms with Crippen molar-refractivity contribution in [3.8, 4) is 0 Å². The predicted molar refractivity (Wildman–Crippen MR) is 76.4 cm³/mol. The van der Waals surface area contributed by atoms with Crippen LogP contribution in [0.2, 0.25) is 0 Å². The largest absolute Gasteiger partial charge is 0.333 e. The maximum atomic E-state index is 5.91. The van der Waals surface area contributed by atoms with E-state index in [0.717, 1.165) is 23.6 Å². The molecule has 1 aliphatic heterocycles. The highest BCUT2D eigenvalue weighted by Crippen LogP contribution is 2.27. The van der Waals surface area contributed by atoms with Gasteiger partial charge in [0.1, 0.15) is 0 Å². The van der Waals surface area contributed by atoms with Crippen molar-refractivity contribution in [2.45, 2.75) is 45.2 Å². The molecular formula is C14H21N5. The minimum Gasteiger partial charge on any atom is -0.333 e. The van der Waals surface area contributed by atoms with E-state index in [9.17, 15) is 0 Å². The molecule has 2 aromatic heterocycles. The Morgan fingerprint density at radius 1 is 1.42 bits per heavy atom. The standard InChI is InChI=1S/C14H21N5/c1-10-5-4-8-18-13(10)16-14(17-18)19-11(2)6-3-7-12(19)9-15/h4-5,8,11-12H,3,6-7,9,15H2,1-2H3. The second kappa shape index (κ2) is 4.81. The van der Waals surface area contributed by atoms with Gasteiger partial charge in [0.05, 0.1) is 0 Å². The third-order valence-corrected chi connectivity index (χ3v) is 4.08. The van der Waals surface area contributed by atoms with Gasteiger partial charge in [-0.2, -0.15) is 4.98 Å². The Hall–Kier alpha value is -1.62. The van der Waals surface area contributed by atoms with Gasteiger partial charge in [0.15, 0.2) is 5.65 Å². The van der Waals surface area contributed by atoms with Gasteiger partial charge in [-0.05, 0) is 44.7 Å². The van der Waals surface area contributed by atoms with Crippen molar-refractivity contribution in [2.24, 2.45) is 5.73 Å². The molecule has 0 aliphatic carbocycles. The molecule has 2 N–H and O–H groups in total. The number of rotatable bonds is 2. The van der Waals surface area contributed by atoms with Crippen LogP contribution in [-0.2, 0) is 0 Å². The topological polar surface area (TPSA) is 59.5 Å². The maximum absolute atomic E-state index is 5.91. The van der Waals surface area contributed by atoms with Crippen LogP contribution in [0.5, 0.6) is 0 Å². The fraction of sp³-hybridized carbons (Fsp3) is 0.571. The molecule has 0 aromatic carbocycles. The SMILES string of the molecule is Cc1cccn2nc(N3C(C)CCCC3CN)nc12. The lowest BCUT2D eigenvalue weighted by atomic mass is 9.97. The van der Waals surface area contributed by atoms with Gasteiger partial charge >= 0.3 is 0 Å². The molecular weight excluding hydrogens is 238 g/mol. The van der Waals surface area contributed by atoms with E-state index in [2.05, 4.69) is 29.9 Å². The maximum Gasteiger partial charge on any atom is 0.246 e. The zero-order valence-electron chi connectivity index (χ0n) is 11.6. The van der Waals surface area contributed by atoms with Crippen molar-refractivity contribution in [1.29, 1.82) is 0 Å². The van der Waals surface area contributed by atoms with E-state index in [4.69, 9.17) is 10.7 Å². The monoisotopic (exact) mass is 259 g/mol. The first-order valence-corrected chi connectivity index (χ1v) is 7.01. The highest BCUT2D eigenvalue weighted by molar-refractivity contribution is 5.51. The molecule has 5 nitrogen and oxygen atoms in total. The number of aromatic nitrogens is 3. The van der Waals surface area contributed by atoms with E-state index in [1.165, 1.54) is 12.8 Å². The first-order chi connectivity index (χ1) is 9.20. The number of fused-ring (bicyclic) bond motifs is 1. The molecule has 0 spiro atoms. The van der Waals surface area contributed by atoms with Gasteiger partial charge < -0.3 is 10.6 Å². The van der Waals surface area contributed by atoms with Crippen LogP contribution in [0, 0.1) is 6.92 Å². The van der Waals surface area contributed by atoms with E-state index >= 15 is 0 Å². The predicted octanol–water partition coefficient (Wildman–Crippen LogP) is 1.74. The van der Waals surface area contributed by atoms with Crippen molar-refractivity contribution >= 4 is 11.6 Å². The average Bonchev–Trinajstić information content (AvgIpc) is 2.83. The van der Waals surface area contributed by atoms with E-state index < -0.39 is 0 Å². The summed E-state index contributed by atoms with van der Waals surface area (Å²) in [7, 11) is 0. The Bertz CT molecular complexity index is 576. The number of nitrogens with zero attached hydrogens (tertiary/aromatic N) is 4. The van der Waals surface area contributed by atoms with Crippen molar-refractivity contribution in [1.82, 2.24) is 14.6 Å². The van der Waals surface area contributed by atoms with Crippen molar-refractivity contribution in [3.63, 3.8) is 0 Å². The zero-order chi connectivity index (χ0) is 13.4. The van der Waals surface area contributed by atoms with E-state index in [1.54, 1.807) is 0 Å². The van der Waals surface area contributed by atoms with Crippen LogP contribution >= 0.6 is 0 Å². The highest BCUT2D eigenvalue weighted by atomic mass is 15.4. The van der Waals surface area contributed by atoms with E-state index in [-0.39, 0.29) is 0 Å². The van der Waals surface area contributed by atoms with Crippen LogP contribution < -0.4 is 10.6 Å². The second-order valence-electron chi connectivity index (χ2n) is 5.45. The molecule has 1 fully saturated rings. The van der Waals surface area contributed by atoms with Crippen LogP contribution in [-0.4, -0.2) is 33.2 Å². The van der Waals surface area contributed by atoms with Gasteiger partial charge in [0, 0.05) is 24.8 Å². The summed E-state index contributed by atoms with van der Waals surface area (Å²) in [5.74, 6) is 0.817. The molecule has 1 saturated heterocycles. The number of pyridine rings is 1. The molecule has 2 aromatic rings. The molecule has 3 heterocycles. The summed E-state index contributed by atoms with van der Waals surface area (Å²) in [6.07, 6.45) is 5.51. The third-order valence-electron chi connectivity index (χ3n) is 4.08. The van der Waals surface area contributed by atoms with Gasteiger partial charge in [0.25, 0.3) is 0 Å². The summed E-state index contributed by atoms with van der Waals surface area (Å²) >= 11 is 0. The van der Waals surface area contributed by atoms with Gasteiger partial charge in [-0.25, -0.2) is 4.52 Å². The third kappa shape index (κ3) is 2.08. The summed E-state index contributed by atoms with van der Waals surface area (Å²) in [4.78, 5) is 7.01. The Morgan fingerprint density at radius 2 is 2.26 bits per heavy atom. The van der Waals surface area contributed by atoms with Gasteiger partial charge in [-0.3, -0.25) is 0 Å². The van der Waals surface area contributed by atoms with Crippen LogP contribution in [0.4, 0.5) is 5.95 Å². The number of aryl methyl sites for hydroxylation is 1. The lowest BCUT2D eigenvalue weighted by molar-refractivity contribution is 0.394. The molecule has 2 unspecified atom stereocenters. The molecule has 19 heavy (non-hydrogen) atoms. The Morgan fingerprint density at radius 3 is 3.00 bits per heavy atom. The van der Waals surface area contributed by atoms with Crippen LogP contribution in [0.3, 0.4) is 0 Å². The highest BCUT2D eigenvalue weighted by Gasteiger charge is 2.29. The number of nitrogens with two attached hydrogens (primary N) is 1. The molecule has 2 atom stereocenters. The first kappa shape index (κ1) is 12.4. The summed E-state index contributed by atoms with van der Waals surface area (Å²) in [5, 5.41) is 4.62. The van der Waals surface area contributed by atoms with Crippen molar-refractivity contribution in [3.05, 3.63) is 23.9 Å². The minimum atomic E-state index is 0.362. The average molecular weight is 259 g/mol. The van der Waals surface area contributed by atoms with Crippen LogP contribution in [0.1, 0.15) is 31.7 Å².